The first-order chi connectivity index (χ1) is 9.49. The number of rotatable bonds is 3. The number of amides is 1. The van der Waals surface area contributed by atoms with E-state index in [9.17, 15) is 4.79 Å². The molecule has 0 bridgehead atoms. The Hall–Kier alpha value is -2.00. The van der Waals surface area contributed by atoms with Crippen molar-refractivity contribution < 1.29 is 4.79 Å². The third-order valence-corrected chi connectivity index (χ3v) is 3.66. The Morgan fingerprint density at radius 3 is 2.20 bits per heavy atom. The summed E-state index contributed by atoms with van der Waals surface area (Å²) in [7, 11) is 1.79. The third-order valence-electron chi connectivity index (χ3n) is 3.41. The zero-order chi connectivity index (χ0) is 14.7. The van der Waals surface area contributed by atoms with Crippen molar-refractivity contribution in [3.63, 3.8) is 0 Å². The highest BCUT2D eigenvalue weighted by atomic mass is 35.5. The van der Waals surface area contributed by atoms with Crippen LogP contribution in [0, 0.1) is 0 Å². The first-order valence-corrected chi connectivity index (χ1v) is 6.75. The number of hydrogen-bond acceptors (Lipinski definition) is 2. The van der Waals surface area contributed by atoms with Crippen LogP contribution in [0.2, 0.25) is 5.02 Å². The van der Waals surface area contributed by atoms with Crippen LogP contribution in [0.4, 0.5) is 5.69 Å². The Balaban J connectivity index is 2.17. The molecule has 3 nitrogen and oxygen atoms in total. The second kappa shape index (κ2) is 5.97. The van der Waals surface area contributed by atoms with Crippen molar-refractivity contribution in [1.82, 2.24) is 4.90 Å². The minimum absolute atomic E-state index is 0.0303. The maximum Gasteiger partial charge on any atom is 0.254 e. The van der Waals surface area contributed by atoms with Crippen LogP contribution in [0.5, 0.6) is 0 Å². The van der Waals surface area contributed by atoms with E-state index in [1.165, 1.54) is 0 Å². The van der Waals surface area contributed by atoms with E-state index in [0.29, 0.717) is 16.3 Å². The van der Waals surface area contributed by atoms with Crippen LogP contribution in [-0.4, -0.2) is 17.9 Å². The lowest BCUT2D eigenvalue weighted by atomic mass is 10.1. The fraction of sp³-hybridized carbons (Fsp3) is 0.188. The monoisotopic (exact) mass is 288 g/mol. The quantitative estimate of drug-likeness (QED) is 0.874. The Kier molecular flexibility index (Phi) is 4.30. The van der Waals surface area contributed by atoms with Crippen molar-refractivity contribution >= 4 is 23.2 Å². The minimum Gasteiger partial charge on any atom is -0.399 e. The summed E-state index contributed by atoms with van der Waals surface area (Å²) in [5.41, 5.74) is 7.95. The number of anilines is 1. The van der Waals surface area contributed by atoms with Crippen LogP contribution in [0.15, 0.2) is 48.5 Å². The first kappa shape index (κ1) is 14.4. The lowest BCUT2D eigenvalue weighted by molar-refractivity contribution is 0.0742. The Labute approximate surface area is 124 Å². The SMILES string of the molecule is C[C@H](c1ccc(Cl)cc1)N(C)C(=O)c1ccc(N)cc1. The van der Waals surface area contributed by atoms with Crippen LogP contribution in [0.1, 0.15) is 28.9 Å². The molecule has 0 saturated heterocycles. The van der Waals surface area contributed by atoms with E-state index in [1.807, 2.05) is 31.2 Å². The Morgan fingerprint density at radius 1 is 1.10 bits per heavy atom. The van der Waals surface area contributed by atoms with Crippen LogP contribution >= 0.6 is 11.6 Å². The summed E-state index contributed by atoms with van der Waals surface area (Å²) in [5.74, 6) is -0.0348. The van der Waals surface area contributed by atoms with Crippen LogP contribution in [0.25, 0.3) is 0 Å². The molecule has 2 aromatic rings. The molecule has 20 heavy (non-hydrogen) atoms. The van der Waals surface area contributed by atoms with Crippen LogP contribution in [-0.2, 0) is 0 Å². The minimum atomic E-state index is -0.0348. The van der Waals surface area contributed by atoms with Crippen molar-refractivity contribution in [2.45, 2.75) is 13.0 Å². The standard InChI is InChI=1S/C16H17ClN2O/c1-11(12-3-7-14(17)8-4-12)19(2)16(20)13-5-9-15(18)10-6-13/h3-11H,18H2,1-2H3/t11-/m1/s1. The van der Waals surface area contributed by atoms with Crippen molar-refractivity contribution in [2.24, 2.45) is 0 Å². The summed E-state index contributed by atoms with van der Waals surface area (Å²) in [4.78, 5) is 14.1. The second-order valence-electron chi connectivity index (χ2n) is 4.77. The van der Waals surface area contributed by atoms with Gasteiger partial charge in [-0.05, 0) is 48.9 Å². The lowest BCUT2D eigenvalue weighted by Gasteiger charge is -2.25. The molecule has 0 heterocycles. The van der Waals surface area contributed by atoms with E-state index < -0.39 is 0 Å². The number of halogens is 1. The zero-order valence-corrected chi connectivity index (χ0v) is 12.3. The topological polar surface area (TPSA) is 46.3 Å². The van der Waals surface area contributed by atoms with Crippen LogP contribution in [0.3, 0.4) is 0 Å². The lowest BCUT2D eigenvalue weighted by Crippen LogP contribution is -2.29. The van der Waals surface area contributed by atoms with Gasteiger partial charge in [0.25, 0.3) is 5.91 Å². The van der Waals surface area contributed by atoms with Crippen molar-refractivity contribution in [3.8, 4) is 0 Å². The molecule has 0 spiro atoms. The first-order valence-electron chi connectivity index (χ1n) is 6.37. The van der Waals surface area contributed by atoms with E-state index in [-0.39, 0.29) is 11.9 Å². The average molecular weight is 289 g/mol. The van der Waals surface area contributed by atoms with Gasteiger partial charge in [0.05, 0.1) is 6.04 Å². The molecule has 0 unspecified atom stereocenters. The molecule has 0 aliphatic heterocycles. The van der Waals surface area contributed by atoms with Crippen molar-refractivity contribution in [3.05, 3.63) is 64.7 Å². The number of hydrogen-bond donors (Lipinski definition) is 1. The molecule has 0 fully saturated rings. The summed E-state index contributed by atoms with van der Waals surface area (Å²) in [5, 5.41) is 0.688. The Bertz CT molecular complexity index is 593. The highest BCUT2D eigenvalue weighted by Gasteiger charge is 2.18. The molecule has 1 atom stereocenters. The van der Waals surface area contributed by atoms with Gasteiger partial charge in [0.1, 0.15) is 0 Å². The summed E-state index contributed by atoms with van der Waals surface area (Å²) in [6, 6.07) is 14.4. The van der Waals surface area contributed by atoms with Gasteiger partial charge < -0.3 is 10.6 Å². The van der Waals surface area contributed by atoms with Gasteiger partial charge in [-0.25, -0.2) is 0 Å². The van der Waals surface area contributed by atoms with E-state index in [1.54, 1.807) is 36.2 Å². The van der Waals surface area contributed by atoms with Gasteiger partial charge in [-0.1, -0.05) is 23.7 Å². The van der Waals surface area contributed by atoms with E-state index in [0.717, 1.165) is 5.56 Å². The van der Waals surface area contributed by atoms with E-state index in [4.69, 9.17) is 17.3 Å². The number of benzene rings is 2. The molecule has 0 radical (unpaired) electrons. The highest BCUT2D eigenvalue weighted by molar-refractivity contribution is 6.30. The number of carbonyl (C=O) groups is 1. The molecule has 0 saturated carbocycles. The fourth-order valence-corrected chi connectivity index (χ4v) is 2.10. The zero-order valence-electron chi connectivity index (χ0n) is 11.5. The summed E-state index contributed by atoms with van der Waals surface area (Å²) >= 11 is 5.88. The summed E-state index contributed by atoms with van der Waals surface area (Å²) < 4.78 is 0. The van der Waals surface area contributed by atoms with Gasteiger partial charge in [-0.2, -0.15) is 0 Å². The van der Waals surface area contributed by atoms with Gasteiger partial charge in [0, 0.05) is 23.3 Å². The van der Waals surface area contributed by atoms with Crippen molar-refractivity contribution in [1.29, 1.82) is 0 Å². The van der Waals surface area contributed by atoms with E-state index in [2.05, 4.69) is 0 Å². The second-order valence-corrected chi connectivity index (χ2v) is 5.20. The predicted molar refractivity (Wildman–Crippen MR) is 82.8 cm³/mol. The highest BCUT2D eigenvalue weighted by Crippen LogP contribution is 2.22. The van der Waals surface area contributed by atoms with Gasteiger partial charge in [0.15, 0.2) is 0 Å². The summed E-state index contributed by atoms with van der Waals surface area (Å²) in [6.45, 7) is 1.98. The smallest absolute Gasteiger partial charge is 0.254 e. The molecule has 2 N–H and O–H groups in total. The molecule has 0 aliphatic rings. The molecule has 2 rings (SSSR count). The molecule has 0 aromatic heterocycles. The maximum absolute atomic E-state index is 12.4. The summed E-state index contributed by atoms with van der Waals surface area (Å²) in [6.07, 6.45) is 0. The third kappa shape index (κ3) is 3.11. The van der Waals surface area contributed by atoms with Crippen LogP contribution < -0.4 is 5.73 Å². The molecule has 0 aliphatic carbocycles. The van der Waals surface area contributed by atoms with E-state index >= 15 is 0 Å². The largest absolute Gasteiger partial charge is 0.399 e. The molecule has 104 valence electrons. The molecular weight excluding hydrogens is 272 g/mol. The molecule has 2 aromatic carbocycles. The van der Waals surface area contributed by atoms with Gasteiger partial charge in [-0.15, -0.1) is 0 Å². The average Bonchev–Trinajstić information content (AvgIpc) is 2.46. The maximum atomic E-state index is 12.4. The van der Waals surface area contributed by atoms with Gasteiger partial charge in [-0.3, -0.25) is 4.79 Å². The molecule has 4 heteroatoms. The fourth-order valence-electron chi connectivity index (χ4n) is 1.97. The number of nitrogen functional groups attached to an aromatic ring is 1. The Morgan fingerprint density at radius 2 is 1.65 bits per heavy atom. The predicted octanol–water partition coefficient (Wildman–Crippen LogP) is 3.76. The number of nitrogens with zero attached hydrogens (tertiary/aromatic N) is 1. The van der Waals surface area contributed by atoms with Crippen molar-refractivity contribution in [2.75, 3.05) is 12.8 Å². The molecular formula is C16H17ClN2O. The van der Waals surface area contributed by atoms with Gasteiger partial charge >= 0.3 is 0 Å². The normalized spacial score (nSPS) is 11.9. The van der Waals surface area contributed by atoms with Gasteiger partial charge in [0.2, 0.25) is 0 Å². The molecule has 1 amide bonds. The number of nitrogens with two attached hydrogens (primary N) is 1. The number of carbonyl (C=O) groups excluding carboxylic acids is 1.